The highest BCUT2D eigenvalue weighted by Gasteiger charge is 2.30. The highest BCUT2D eigenvalue weighted by molar-refractivity contribution is 4.86. The van der Waals surface area contributed by atoms with Crippen LogP contribution in [0.2, 0.25) is 0 Å². The molecule has 1 saturated carbocycles. The van der Waals surface area contributed by atoms with Crippen molar-refractivity contribution in [1.29, 1.82) is 0 Å². The molecule has 3 aliphatic rings. The van der Waals surface area contributed by atoms with Gasteiger partial charge in [-0.2, -0.15) is 0 Å². The van der Waals surface area contributed by atoms with Crippen LogP contribution in [0, 0.1) is 11.8 Å². The average Bonchev–Trinajstić information content (AvgIpc) is 2.63. The third-order valence-electron chi connectivity index (χ3n) is 6.39. The summed E-state index contributed by atoms with van der Waals surface area (Å²) in [5.74, 6) is 2.05. The number of piperazine rings is 1. The molecule has 2 saturated heterocycles. The van der Waals surface area contributed by atoms with Gasteiger partial charge in [-0.3, -0.25) is 4.90 Å². The summed E-state index contributed by atoms with van der Waals surface area (Å²) in [6, 6.07) is 1.45. The van der Waals surface area contributed by atoms with Gasteiger partial charge >= 0.3 is 0 Å². The fraction of sp³-hybridized carbons (Fsp3) is 1.00. The number of hydrogen-bond acceptors (Lipinski definition) is 3. The van der Waals surface area contributed by atoms with E-state index in [2.05, 4.69) is 49.6 Å². The number of rotatable bonds is 3. The number of likely N-dealkylation sites (tertiary alicyclic amines) is 1. The highest BCUT2D eigenvalue weighted by Crippen LogP contribution is 2.28. The van der Waals surface area contributed by atoms with Crippen molar-refractivity contribution in [3.8, 4) is 0 Å². The van der Waals surface area contributed by atoms with Crippen LogP contribution in [-0.2, 0) is 0 Å². The van der Waals surface area contributed by atoms with Gasteiger partial charge in [0.05, 0.1) is 0 Å². The molecule has 164 valence electrons. The van der Waals surface area contributed by atoms with Crippen LogP contribution < -0.4 is 0 Å². The highest BCUT2D eigenvalue weighted by atomic mass is 15.3. The molecule has 2 aliphatic heterocycles. The molecular formula is C24H53N3. The van der Waals surface area contributed by atoms with Crippen LogP contribution >= 0.6 is 0 Å². The molecule has 2 heterocycles. The molecule has 0 radical (unpaired) electrons. The van der Waals surface area contributed by atoms with Crippen LogP contribution in [0.1, 0.15) is 87.0 Å². The van der Waals surface area contributed by atoms with E-state index < -0.39 is 0 Å². The minimum absolute atomic E-state index is 0.725. The molecule has 1 aliphatic carbocycles. The molecule has 2 unspecified atom stereocenters. The van der Waals surface area contributed by atoms with Gasteiger partial charge in [0, 0.05) is 31.7 Å². The van der Waals surface area contributed by atoms with E-state index in [0.717, 1.165) is 23.9 Å². The van der Waals surface area contributed by atoms with Crippen molar-refractivity contribution in [2.45, 2.75) is 99.1 Å². The molecule has 0 amide bonds. The molecule has 0 N–H and O–H groups in total. The van der Waals surface area contributed by atoms with E-state index in [9.17, 15) is 0 Å². The normalized spacial score (nSPS) is 27.9. The second-order valence-corrected chi connectivity index (χ2v) is 8.57. The predicted octanol–water partition coefficient (Wildman–Crippen LogP) is 5.60. The summed E-state index contributed by atoms with van der Waals surface area (Å²) < 4.78 is 0. The summed E-state index contributed by atoms with van der Waals surface area (Å²) >= 11 is 0. The molecule has 3 heteroatoms. The van der Waals surface area contributed by atoms with Crippen molar-refractivity contribution in [1.82, 2.24) is 14.7 Å². The molecule has 0 aromatic carbocycles. The first-order valence-electron chi connectivity index (χ1n) is 12.1. The zero-order valence-corrected chi connectivity index (χ0v) is 20.4. The van der Waals surface area contributed by atoms with Gasteiger partial charge < -0.3 is 9.80 Å². The van der Waals surface area contributed by atoms with Crippen molar-refractivity contribution in [2.24, 2.45) is 11.8 Å². The van der Waals surface area contributed by atoms with Crippen molar-refractivity contribution < 1.29 is 0 Å². The van der Waals surface area contributed by atoms with Crippen LogP contribution in [0.15, 0.2) is 0 Å². The Kier molecular flexibility index (Phi) is 15.7. The second kappa shape index (κ2) is 15.8. The standard InChI is InChI=1S/C14H29N3.C6H12.2C2H6/c1-12-9-16(4)10-13(2)17(12)11-14-5-7-15(3)8-6-14;1-2-6-4-3-5-6;2*1-2/h12-14H,5-11H2,1-4H3;6H,2-5H2,1H3;2*1-2H3. The number of likely N-dealkylation sites (N-methyl/N-ethyl adjacent to an activating group) is 1. The van der Waals surface area contributed by atoms with E-state index >= 15 is 0 Å². The zero-order chi connectivity index (χ0) is 20.8. The third-order valence-corrected chi connectivity index (χ3v) is 6.39. The lowest BCUT2D eigenvalue weighted by Crippen LogP contribution is -2.57. The molecule has 3 rings (SSSR count). The van der Waals surface area contributed by atoms with E-state index in [0.29, 0.717) is 0 Å². The third kappa shape index (κ3) is 10.3. The Morgan fingerprint density at radius 1 is 0.704 bits per heavy atom. The van der Waals surface area contributed by atoms with Crippen LogP contribution in [0.4, 0.5) is 0 Å². The lowest BCUT2D eigenvalue weighted by atomic mass is 9.84. The summed E-state index contributed by atoms with van der Waals surface area (Å²) in [6.45, 7) is 21.4. The molecular weight excluding hydrogens is 330 g/mol. The van der Waals surface area contributed by atoms with Gasteiger partial charge in [0.2, 0.25) is 0 Å². The lowest BCUT2D eigenvalue weighted by Gasteiger charge is -2.45. The summed E-state index contributed by atoms with van der Waals surface area (Å²) in [6.07, 6.45) is 8.72. The average molecular weight is 384 g/mol. The SMILES string of the molecule is CC.CC.CC1CN(C)CC(C)N1CC1CCN(C)CC1.CCC1CCC1. The summed E-state index contributed by atoms with van der Waals surface area (Å²) in [5.41, 5.74) is 0. The Labute approximate surface area is 172 Å². The van der Waals surface area contributed by atoms with Gasteiger partial charge in [0.25, 0.3) is 0 Å². The minimum Gasteiger partial charge on any atom is -0.306 e. The lowest BCUT2D eigenvalue weighted by molar-refractivity contribution is 0.0302. The molecule has 3 fully saturated rings. The maximum Gasteiger partial charge on any atom is 0.0198 e. The van der Waals surface area contributed by atoms with Gasteiger partial charge in [-0.1, -0.05) is 60.3 Å². The number of piperidine rings is 1. The largest absolute Gasteiger partial charge is 0.306 e. The van der Waals surface area contributed by atoms with Crippen LogP contribution in [0.5, 0.6) is 0 Å². The van der Waals surface area contributed by atoms with E-state index in [1.807, 2.05) is 27.7 Å². The van der Waals surface area contributed by atoms with Crippen LogP contribution in [0.25, 0.3) is 0 Å². The molecule has 0 aromatic heterocycles. The Bertz CT molecular complexity index is 307. The Balaban J connectivity index is 0.000000563. The van der Waals surface area contributed by atoms with Gasteiger partial charge in [0.15, 0.2) is 0 Å². The Hall–Kier alpha value is -0.120. The van der Waals surface area contributed by atoms with Gasteiger partial charge in [-0.15, -0.1) is 0 Å². The van der Waals surface area contributed by atoms with Crippen LogP contribution in [-0.4, -0.2) is 73.6 Å². The minimum atomic E-state index is 0.725. The number of hydrogen-bond donors (Lipinski definition) is 0. The van der Waals surface area contributed by atoms with E-state index in [1.54, 1.807) is 0 Å². The van der Waals surface area contributed by atoms with E-state index in [-0.39, 0.29) is 0 Å². The molecule has 0 bridgehead atoms. The molecule has 27 heavy (non-hydrogen) atoms. The first kappa shape index (κ1) is 26.9. The van der Waals surface area contributed by atoms with Gasteiger partial charge in [0.1, 0.15) is 0 Å². The zero-order valence-electron chi connectivity index (χ0n) is 20.4. The van der Waals surface area contributed by atoms with E-state index in [1.165, 1.54) is 71.2 Å². The first-order valence-corrected chi connectivity index (χ1v) is 12.1. The smallest absolute Gasteiger partial charge is 0.0198 e. The first-order chi connectivity index (χ1) is 13.0. The fourth-order valence-electron chi connectivity index (χ4n) is 4.42. The summed E-state index contributed by atoms with van der Waals surface area (Å²) in [4.78, 5) is 7.68. The summed E-state index contributed by atoms with van der Waals surface area (Å²) in [7, 11) is 4.50. The molecule has 3 nitrogen and oxygen atoms in total. The Morgan fingerprint density at radius 3 is 1.52 bits per heavy atom. The Morgan fingerprint density at radius 2 is 1.19 bits per heavy atom. The van der Waals surface area contributed by atoms with Crippen molar-refractivity contribution >= 4 is 0 Å². The van der Waals surface area contributed by atoms with E-state index in [4.69, 9.17) is 0 Å². The quantitative estimate of drug-likeness (QED) is 0.628. The van der Waals surface area contributed by atoms with Crippen molar-refractivity contribution in [3.05, 3.63) is 0 Å². The maximum absolute atomic E-state index is 2.75. The maximum atomic E-state index is 2.75. The molecule has 2 atom stereocenters. The topological polar surface area (TPSA) is 9.72 Å². The fourth-order valence-corrected chi connectivity index (χ4v) is 4.42. The number of nitrogens with zero attached hydrogens (tertiary/aromatic N) is 3. The van der Waals surface area contributed by atoms with Gasteiger partial charge in [-0.25, -0.2) is 0 Å². The summed E-state index contributed by atoms with van der Waals surface area (Å²) in [5, 5.41) is 0. The van der Waals surface area contributed by atoms with Gasteiger partial charge in [-0.05, 0) is 65.7 Å². The molecule has 0 spiro atoms. The monoisotopic (exact) mass is 383 g/mol. The van der Waals surface area contributed by atoms with Crippen molar-refractivity contribution in [3.63, 3.8) is 0 Å². The van der Waals surface area contributed by atoms with Crippen molar-refractivity contribution in [2.75, 3.05) is 46.8 Å². The van der Waals surface area contributed by atoms with Crippen LogP contribution in [0.3, 0.4) is 0 Å². The second-order valence-electron chi connectivity index (χ2n) is 8.57. The predicted molar refractivity (Wildman–Crippen MR) is 124 cm³/mol. The molecule has 0 aromatic rings.